The van der Waals surface area contributed by atoms with Gasteiger partial charge in [0.25, 0.3) is 5.56 Å². The number of hydrogen-bond donors (Lipinski definition) is 2. The Kier molecular flexibility index (Phi) is 6.48. The summed E-state index contributed by atoms with van der Waals surface area (Å²) in [6, 6.07) is 17.3. The second-order valence-corrected chi connectivity index (χ2v) is 7.04. The molecule has 1 amide bonds. The zero-order valence-electron chi connectivity index (χ0n) is 16.9. The molecule has 0 radical (unpaired) electrons. The van der Waals surface area contributed by atoms with Gasteiger partial charge in [0.2, 0.25) is 5.91 Å². The van der Waals surface area contributed by atoms with Gasteiger partial charge in [-0.1, -0.05) is 48.5 Å². The third-order valence-electron chi connectivity index (χ3n) is 5.01. The molecule has 0 saturated carbocycles. The quantitative estimate of drug-likeness (QED) is 0.533. The number of nitrogens with two attached hydrogens (primary N) is 1. The Bertz CT molecular complexity index is 1090. The second-order valence-electron chi connectivity index (χ2n) is 7.04. The minimum absolute atomic E-state index is 0.131. The topological polar surface area (TPSA) is 113 Å². The lowest BCUT2D eigenvalue weighted by Gasteiger charge is -2.16. The maximum Gasteiger partial charge on any atom is 0.295 e. The highest BCUT2D eigenvalue weighted by Crippen LogP contribution is 2.14. The number of amides is 1. The molecule has 0 aliphatic rings. The number of carboxylic acids is 1. The molecule has 8 nitrogen and oxygen atoms in total. The SMILES string of the molecule is Cc1c(NC(=O)C[C@@H]([NH2+]Cc2ccccc2)C(=O)[O-])c(=O)n(-c2ccccc2)n1C. The summed E-state index contributed by atoms with van der Waals surface area (Å²) in [7, 11) is 1.72. The van der Waals surface area contributed by atoms with Crippen molar-refractivity contribution in [3.63, 3.8) is 0 Å². The van der Waals surface area contributed by atoms with E-state index in [0.717, 1.165) is 5.56 Å². The molecule has 1 heterocycles. The Balaban J connectivity index is 1.73. The lowest BCUT2D eigenvalue weighted by molar-refractivity contribution is -0.697. The summed E-state index contributed by atoms with van der Waals surface area (Å²) in [4.78, 5) is 36.9. The van der Waals surface area contributed by atoms with Crippen LogP contribution in [0.2, 0.25) is 0 Å². The Hall–Kier alpha value is -3.65. The number of nitrogens with one attached hydrogen (secondary N) is 1. The number of hydrogen-bond acceptors (Lipinski definition) is 4. The number of carbonyl (C=O) groups is 2. The highest BCUT2D eigenvalue weighted by Gasteiger charge is 2.22. The van der Waals surface area contributed by atoms with Crippen LogP contribution in [0.4, 0.5) is 5.69 Å². The molecule has 0 fully saturated rings. The van der Waals surface area contributed by atoms with Gasteiger partial charge < -0.3 is 20.5 Å². The third kappa shape index (κ3) is 4.66. The van der Waals surface area contributed by atoms with Crippen molar-refractivity contribution in [2.45, 2.75) is 25.9 Å². The molecular formula is C22H24N4O4. The maximum absolute atomic E-state index is 12.9. The van der Waals surface area contributed by atoms with Gasteiger partial charge in [-0.15, -0.1) is 0 Å². The van der Waals surface area contributed by atoms with Crippen LogP contribution >= 0.6 is 0 Å². The van der Waals surface area contributed by atoms with Crippen LogP contribution in [-0.2, 0) is 23.2 Å². The number of aliphatic carboxylic acids is 1. The lowest BCUT2D eigenvalue weighted by Crippen LogP contribution is -2.92. The average Bonchev–Trinajstić information content (AvgIpc) is 2.95. The van der Waals surface area contributed by atoms with Gasteiger partial charge in [-0.3, -0.25) is 14.3 Å². The number of quaternary nitrogens is 1. The molecule has 0 spiro atoms. The van der Waals surface area contributed by atoms with Gasteiger partial charge in [0.1, 0.15) is 18.3 Å². The number of benzene rings is 2. The number of aromatic nitrogens is 2. The van der Waals surface area contributed by atoms with Gasteiger partial charge in [-0.2, -0.15) is 0 Å². The normalized spacial score (nSPS) is 11.8. The second kappa shape index (κ2) is 9.23. The first-order valence-electron chi connectivity index (χ1n) is 9.60. The molecule has 0 bridgehead atoms. The van der Waals surface area contributed by atoms with Gasteiger partial charge in [0, 0.05) is 12.6 Å². The van der Waals surface area contributed by atoms with Crippen molar-refractivity contribution < 1.29 is 20.0 Å². The Labute approximate surface area is 173 Å². The molecule has 0 saturated heterocycles. The van der Waals surface area contributed by atoms with E-state index in [1.165, 1.54) is 4.68 Å². The van der Waals surface area contributed by atoms with Crippen LogP contribution in [0.3, 0.4) is 0 Å². The molecule has 0 unspecified atom stereocenters. The number of nitrogens with zero attached hydrogens (tertiary/aromatic N) is 2. The van der Waals surface area contributed by atoms with E-state index in [1.807, 2.05) is 48.5 Å². The van der Waals surface area contributed by atoms with E-state index in [2.05, 4.69) is 5.32 Å². The minimum Gasteiger partial charge on any atom is -0.544 e. The highest BCUT2D eigenvalue weighted by atomic mass is 16.4. The van der Waals surface area contributed by atoms with Crippen LogP contribution in [0.25, 0.3) is 5.69 Å². The zero-order chi connectivity index (χ0) is 21.7. The smallest absolute Gasteiger partial charge is 0.295 e. The van der Waals surface area contributed by atoms with Crippen molar-refractivity contribution in [1.29, 1.82) is 0 Å². The standard InChI is InChI=1S/C22H24N4O4/c1-15-20(21(28)26(25(15)2)17-11-7-4-8-12-17)24-19(27)13-18(22(29)30)23-14-16-9-5-3-6-10-16/h3-12,18,23H,13-14H2,1-2H3,(H,24,27)(H,29,30)/t18-/m1/s1. The van der Waals surface area contributed by atoms with E-state index in [9.17, 15) is 19.5 Å². The van der Waals surface area contributed by atoms with E-state index in [4.69, 9.17) is 0 Å². The summed E-state index contributed by atoms with van der Waals surface area (Å²) >= 11 is 0. The van der Waals surface area contributed by atoms with Gasteiger partial charge in [-0.25, -0.2) is 4.68 Å². The molecule has 0 aliphatic carbocycles. The fraction of sp³-hybridized carbons (Fsp3) is 0.227. The van der Waals surface area contributed by atoms with Crippen molar-refractivity contribution in [3.8, 4) is 5.69 Å². The van der Waals surface area contributed by atoms with E-state index in [1.54, 1.807) is 36.1 Å². The molecule has 1 aromatic heterocycles. The van der Waals surface area contributed by atoms with E-state index < -0.39 is 17.9 Å². The summed E-state index contributed by atoms with van der Waals surface area (Å²) in [5.41, 5.74) is 1.92. The number of para-hydroxylation sites is 1. The summed E-state index contributed by atoms with van der Waals surface area (Å²) < 4.78 is 3.09. The molecule has 0 aliphatic heterocycles. The molecule has 3 rings (SSSR count). The van der Waals surface area contributed by atoms with Gasteiger partial charge >= 0.3 is 0 Å². The monoisotopic (exact) mass is 408 g/mol. The molecule has 3 N–H and O–H groups in total. The molecule has 156 valence electrons. The molecule has 2 aromatic carbocycles. The summed E-state index contributed by atoms with van der Waals surface area (Å²) in [5, 5.41) is 15.6. The van der Waals surface area contributed by atoms with Crippen LogP contribution in [0, 0.1) is 6.92 Å². The van der Waals surface area contributed by atoms with Crippen LogP contribution < -0.4 is 21.3 Å². The Morgan fingerprint density at radius 2 is 1.67 bits per heavy atom. The van der Waals surface area contributed by atoms with Crippen LogP contribution in [-0.4, -0.2) is 27.3 Å². The zero-order valence-corrected chi connectivity index (χ0v) is 16.9. The fourth-order valence-electron chi connectivity index (χ4n) is 3.26. The Morgan fingerprint density at radius 1 is 1.07 bits per heavy atom. The minimum atomic E-state index is -1.33. The Morgan fingerprint density at radius 3 is 2.27 bits per heavy atom. The summed E-state index contributed by atoms with van der Waals surface area (Å²) in [6.45, 7) is 2.12. The van der Waals surface area contributed by atoms with Crippen molar-refractivity contribution in [3.05, 3.63) is 82.3 Å². The van der Waals surface area contributed by atoms with E-state index in [-0.39, 0.29) is 17.7 Å². The highest BCUT2D eigenvalue weighted by molar-refractivity contribution is 5.93. The van der Waals surface area contributed by atoms with Crippen LogP contribution in [0.15, 0.2) is 65.5 Å². The molecule has 1 atom stereocenters. The number of rotatable bonds is 8. The molecule has 30 heavy (non-hydrogen) atoms. The van der Waals surface area contributed by atoms with E-state index >= 15 is 0 Å². The first kappa shape index (κ1) is 21.1. The number of anilines is 1. The predicted molar refractivity (Wildman–Crippen MR) is 110 cm³/mol. The summed E-state index contributed by atoms with van der Waals surface area (Å²) in [6.07, 6.45) is -0.311. The average molecular weight is 408 g/mol. The van der Waals surface area contributed by atoms with Crippen LogP contribution in [0.5, 0.6) is 0 Å². The number of carboxylic acid groups (broad SMARTS) is 1. The predicted octanol–water partition coefficient (Wildman–Crippen LogP) is -0.305. The van der Waals surface area contributed by atoms with E-state index in [0.29, 0.717) is 17.9 Å². The van der Waals surface area contributed by atoms with Crippen molar-refractivity contribution >= 4 is 17.6 Å². The van der Waals surface area contributed by atoms with Crippen molar-refractivity contribution in [2.24, 2.45) is 7.05 Å². The lowest BCUT2D eigenvalue weighted by atomic mass is 10.1. The van der Waals surface area contributed by atoms with Crippen LogP contribution in [0.1, 0.15) is 17.7 Å². The first-order valence-corrected chi connectivity index (χ1v) is 9.60. The first-order chi connectivity index (χ1) is 14.4. The van der Waals surface area contributed by atoms with Crippen molar-refractivity contribution in [2.75, 3.05) is 5.32 Å². The molecule has 8 heteroatoms. The molecular weight excluding hydrogens is 384 g/mol. The van der Waals surface area contributed by atoms with Gasteiger partial charge in [-0.05, 0) is 19.1 Å². The summed E-state index contributed by atoms with van der Waals surface area (Å²) in [5.74, 6) is -1.88. The van der Waals surface area contributed by atoms with Gasteiger partial charge in [0.15, 0.2) is 0 Å². The third-order valence-corrected chi connectivity index (χ3v) is 5.01. The molecule has 3 aromatic rings. The number of carbonyl (C=O) groups excluding carboxylic acids is 2. The maximum atomic E-state index is 12.9. The fourth-order valence-corrected chi connectivity index (χ4v) is 3.26. The van der Waals surface area contributed by atoms with Crippen molar-refractivity contribution in [1.82, 2.24) is 9.36 Å². The van der Waals surface area contributed by atoms with Gasteiger partial charge in [0.05, 0.1) is 23.8 Å². The largest absolute Gasteiger partial charge is 0.544 e.